The molecule has 0 atom stereocenters. The van der Waals surface area contributed by atoms with Gasteiger partial charge in [0.25, 0.3) is 0 Å². The first-order valence-corrected chi connectivity index (χ1v) is 6.36. The van der Waals surface area contributed by atoms with Gasteiger partial charge in [-0.3, -0.25) is 0 Å². The van der Waals surface area contributed by atoms with E-state index in [1.807, 2.05) is 25.1 Å². The number of carbonyl (C=O) groups excluding carboxylic acids is 1. The number of benzene rings is 1. The summed E-state index contributed by atoms with van der Waals surface area (Å²) in [6.45, 7) is 4.55. The van der Waals surface area contributed by atoms with Crippen LogP contribution >= 0.6 is 15.9 Å². The lowest BCUT2D eigenvalue weighted by Gasteiger charge is -2.27. The number of anilines is 1. The summed E-state index contributed by atoms with van der Waals surface area (Å²) in [5.41, 5.74) is 1.95. The molecule has 0 aliphatic carbocycles. The van der Waals surface area contributed by atoms with Gasteiger partial charge >= 0.3 is 6.03 Å². The molecule has 2 amide bonds. The van der Waals surface area contributed by atoms with Crippen molar-refractivity contribution in [1.82, 2.24) is 4.90 Å². The van der Waals surface area contributed by atoms with Crippen LogP contribution in [0.25, 0.3) is 0 Å². The Labute approximate surface area is 109 Å². The van der Waals surface area contributed by atoms with Gasteiger partial charge in [0.05, 0.1) is 13.2 Å². The van der Waals surface area contributed by atoms with Crippen molar-refractivity contribution in [3.63, 3.8) is 0 Å². The minimum Gasteiger partial charge on any atom is -0.378 e. The molecule has 1 fully saturated rings. The molecule has 2 rings (SSSR count). The number of rotatable bonds is 1. The summed E-state index contributed by atoms with van der Waals surface area (Å²) in [4.78, 5) is 13.7. The first-order valence-electron chi connectivity index (χ1n) is 5.56. The summed E-state index contributed by atoms with van der Waals surface area (Å²) in [7, 11) is 0. The fourth-order valence-electron chi connectivity index (χ4n) is 1.64. The molecule has 1 heterocycles. The van der Waals surface area contributed by atoms with Crippen LogP contribution in [-0.4, -0.2) is 37.2 Å². The van der Waals surface area contributed by atoms with E-state index in [9.17, 15) is 4.79 Å². The lowest BCUT2D eigenvalue weighted by molar-refractivity contribution is 0.0564. The second-order valence-corrected chi connectivity index (χ2v) is 4.85. The molecular weight excluding hydrogens is 284 g/mol. The number of morpholine rings is 1. The fraction of sp³-hybridized carbons (Fsp3) is 0.417. The number of nitrogens with one attached hydrogen (secondary N) is 1. The third-order valence-corrected chi connectivity index (χ3v) is 3.58. The highest BCUT2D eigenvalue weighted by Crippen LogP contribution is 2.20. The van der Waals surface area contributed by atoms with Gasteiger partial charge in [0.1, 0.15) is 0 Å². The first-order chi connectivity index (χ1) is 8.16. The monoisotopic (exact) mass is 298 g/mol. The van der Waals surface area contributed by atoms with Gasteiger partial charge in [-0.15, -0.1) is 0 Å². The Morgan fingerprint density at radius 3 is 2.76 bits per heavy atom. The average Bonchev–Trinajstić information content (AvgIpc) is 2.35. The van der Waals surface area contributed by atoms with E-state index in [0.29, 0.717) is 26.3 Å². The van der Waals surface area contributed by atoms with Crippen molar-refractivity contribution >= 4 is 27.6 Å². The van der Waals surface area contributed by atoms with E-state index in [0.717, 1.165) is 15.7 Å². The molecule has 1 aromatic rings. The largest absolute Gasteiger partial charge is 0.378 e. The molecule has 92 valence electrons. The van der Waals surface area contributed by atoms with Crippen molar-refractivity contribution < 1.29 is 9.53 Å². The molecule has 0 aromatic heterocycles. The standard InChI is InChI=1S/C12H15BrN2O2/c1-9-2-3-10(8-11(9)13)14-12(16)15-4-6-17-7-5-15/h2-3,8H,4-7H2,1H3,(H,14,16). The number of urea groups is 1. The van der Waals surface area contributed by atoms with E-state index in [2.05, 4.69) is 21.2 Å². The normalized spacial score (nSPS) is 15.8. The molecule has 0 spiro atoms. The minimum absolute atomic E-state index is 0.0657. The summed E-state index contributed by atoms with van der Waals surface area (Å²) in [5, 5.41) is 2.88. The number of hydrogen-bond acceptors (Lipinski definition) is 2. The smallest absolute Gasteiger partial charge is 0.322 e. The molecule has 1 saturated heterocycles. The SMILES string of the molecule is Cc1ccc(NC(=O)N2CCOCC2)cc1Br. The van der Waals surface area contributed by atoms with Crippen molar-refractivity contribution in [3.05, 3.63) is 28.2 Å². The van der Waals surface area contributed by atoms with E-state index in [-0.39, 0.29) is 6.03 Å². The summed E-state index contributed by atoms with van der Waals surface area (Å²) in [5.74, 6) is 0. The Morgan fingerprint density at radius 2 is 2.12 bits per heavy atom. The van der Waals surface area contributed by atoms with Gasteiger partial charge in [0.2, 0.25) is 0 Å². The van der Waals surface area contributed by atoms with Gasteiger partial charge < -0.3 is 15.0 Å². The van der Waals surface area contributed by atoms with Crippen molar-refractivity contribution in [3.8, 4) is 0 Å². The fourth-order valence-corrected chi connectivity index (χ4v) is 2.02. The molecule has 0 saturated carbocycles. The maximum absolute atomic E-state index is 11.9. The molecular formula is C12H15BrN2O2. The Kier molecular flexibility index (Phi) is 4.02. The van der Waals surface area contributed by atoms with Crippen LogP contribution < -0.4 is 5.32 Å². The molecule has 1 aliphatic heterocycles. The Morgan fingerprint density at radius 1 is 1.41 bits per heavy atom. The zero-order valence-electron chi connectivity index (χ0n) is 9.70. The van der Waals surface area contributed by atoms with Crippen LogP contribution in [0.5, 0.6) is 0 Å². The second kappa shape index (κ2) is 5.51. The Bertz CT molecular complexity index is 417. The number of halogens is 1. The Balaban J connectivity index is 1.99. The van der Waals surface area contributed by atoms with Crippen molar-refractivity contribution in [2.75, 3.05) is 31.6 Å². The predicted octanol–water partition coefficient (Wildman–Crippen LogP) is 2.62. The summed E-state index contributed by atoms with van der Waals surface area (Å²) in [6.07, 6.45) is 0. The molecule has 17 heavy (non-hydrogen) atoms. The van der Waals surface area contributed by atoms with Crippen LogP contribution in [0.3, 0.4) is 0 Å². The number of amides is 2. The zero-order valence-corrected chi connectivity index (χ0v) is 11.3. The molecule has 1 N–H and O–H groups in total. The van der Waals surface area contributed by atoms with Crippen molar-refractivity contribution in [2.45, 2.75) is 6.92 Å². The van der Waals surface area contributed by atoms with Crippen molar-refractivity contribution in [2.24, 2.45) is 0 Å². The summed E-state index contributed by atoms with van der Waals surface area (Å²) >= 11 is 3.45. The van der Waals surface area contributed by atoms with Gasteiger partial charge in [-0.05, 0) is 24.6 Å². The van der Waals surface area contributed by atoms with E-state index in [4.69, 9.17) is 4.74 Å². The van der Waals surface area contributed by atoms with Gasteiger partial charge in [-0.2, -0.15) is 0 Å². The van der Waals surface area contributed by atoms with Crippen LogP contribution in [0.2, 0.25) is 0 Å². The maximum atomic E-state index is 11.9. The van der Waals surface area contributed by atoms with E-state index in [1.165, 1.54) is 0 Å². The first kappa shape index (κ1) is 12.4. The molecule has 5 heteroatoms. The third kappa shape index (κ3) is 3.20. The molecule has 0 bridgehead atoms. The molecule has 0 radical (unpaired) electrons. The van der Waals surface area contributed by atoms with Crippen LogP contribution in [0, 0.1) is 6.92 Å². The highest BCUT2D eigenvalue weighted by atomic mass is 79.9. The van der Waals surface area contributed by atoms with Gasteiger partial charge in [0, 0.05) is 23.2 Å². The number of nitrogens with zero attached hydrogens (tertiary/aromatic N) is 1. The van der Waals surface area contributed by atoms with Gasteiger partial charge in [0.15, 0.2) is 0 Å². The number of ether oxygens (including phenoxy) is 1. The molecule has 0 unspecified atom stereocenters. The maximum Gasteiger partial charge on any atom is 0.322 e. The van der Waals surface area contributed by atoms with Crippen LogP contribution in [0.15, 0.2) is 22.7 Å². The van der Waals surface area contributed by atoms with Crippen LogP contribution in [0.4, 0.5) is 10.5 Å². The summed E-state index contributed by atoms with van der Waals surface area (Å²) in [6, 6.07) is 5.72. The minimum atomic E-state index is -0.0657. The number of aryl methyl sites for hydroxylation is 1. The summed E-state index contributed by atoms with van der Waals surface area (Å²) < 4.78 is 6.20. The van der Waals surface area contributed by atoms with E-state index in [1.54, 1.807) is 4.90 Å². The zero-order chi connectivity index (χ0) is 12.3. The molecule has 1 aliphatic rings. The number of carbonyl (C=O) groups is 1. The Hall–Kier alpha value is -1.07. The topological polar surface area (TPSA) is 41.6 Å². The number of hydrogen-bond donors (Lipinski definition) is 1. The van der Waals surface area contributed by atoms with Gasteiger partial charge in [-0.25, -0.2) is 4.79 Å². The third-order valence-electron chi connectivity index (χ3n) is 2.72. The lowest BCUT2D eigenvalue weighted by atomic mass is 10.2. The van der Waals surface area contributed by atoms with Gasteiger partial charge in [-0.1, -0.05) is 22.0 Å². The quantitative estimate of drug-likeness (QED) is 0.866. The van der Waals surface area contributed by atoms with Crippen molar-refractivity contribution in [1.29, 1.82) is 0 Å². The average molecular weight is 299 g/mol. The van der Waals surface area contributed by atoms with E-state index >= 15 is 0 Å². The predicted molar refractivity (Wildman–Crippen MR) is 70.3 cm³/mol. The second-order valence-electron chi connectivity index (χ2n) is 3.99. The highest BCUT2D eigenvalue weighted by Gasteiger charge is 2.16. The molecule has 4 nitrogen and oxygen atoms in total. The lowest BCUT2D eigenvalue weighted by Crippen LogP contribution is -2.43. The van der Waals surface area contributed by atoms with Crippen LogP contribution in [0.1, 0.15) is 5.56 Å². The highest BCUT2D eigenvalue weighted by molar-refractivity contribution is 9.10. The molecule has 1 aromatic carbocycles. The van der Waals surface area contributed by atoms with E-state index < -0.39 is 0 Å². The van der Waals surface area contributed by atoms with Crippen LogP contribution in [-0.2, 0) is 4.74 Å².